The molecule has 2 aromatic carbocycles. The van der Waals surface area contributed by atoms with Crippen LogP contribution in [0, 0.1) is 0 Å². The Kier molecular flexibility index (Phi) is 7.53. The van der Waals surface area contributed by atoms with Crippen molar-refractivity contribution in [2.75, 3.05) is 18.5 Å². The number of ether oxygens (including phenoxy) is 1. The fourth-order valence-electron chi connectivity index (χ4n) is 2.18. The zero-order valence-electron chi connectivity index (χ0n) is 14.9. The second-order valence-electron chi connectivity index (χ2n) is 5.60. The first-order chi connectivity index (χ1) is 13.3. The van der Waals surface area contributed by atoms with Gasteiger partial charge in [-0.2, -0.15) is 4.72 Å². The number of hydrogen-bond donors (Lipinski definition) is 3. The second-order valence-corrected chi connectivity index (χ2v) is 7.75. The maximum atomic E-state index is 12.4. The number of halogens is 1. The molecule has 1 atom stereocenters. The Balaban J connectivity index is 2.07. The van der Waals surface area contributed by atoms with Crippen molar-refractivity contribution in [1.29, 1.82) is 0 Å². The van der Waals surface area contributed by atoms with Crippen molar-refractivity contribution in [3.8, 4) is 0 Å². The lowest BCUT2D eigenvalue weighted by atomic mass is 10.2. The molecule has 10 heteroatoms. The zero-order chi connectivity index (χ0) is 20.7. The summed E-state index contributed by atoms with van der Waals surface area (Å²) in [6, 6.07) is 9.79. The van der Waals surface area contributed by atoms with Gasteiger partial charge >= 0.3 is 5.97 Å². The molecule has 0 heterocycles. The highest BCUT2D eigenvalue weighted by Crippen LogP contribution is 2.15. The number of amides is 1. The molecule has 28 heavy (non-hydrogen) atoms. The summed E-state index contributed by atoms with van der Waals surface area (Å²) in [5, 5.41) is 12.3. The Labute approximate surface area is 167 Å². The predicted octanol–water partition coefficient (Wildman–Crippen LogP) is 1.79. The summed E-state index contributed by atoms with van der Waals surface area (Å²) in [6.45, 7) is 1.18. The molecule has 2 aromatic rings. The third-order valence-corrected chi connectivity index (χ3v) is 5.32. The van der Waals surface area contributed by atoms with Crippen molar-refractivity contribution in [1.82, 2.24) is 4.72 Å². The molecule has 150 valence electrons. The summed E-state index contributed by atoms with van der Waals surface area (Å²) in [5.74, 6) is -1.26. The van der Waals surface area contributed by atoms with Crippen molar-refractivity contribution < 1.29 is 27.9 Å². The minimum absolute atomic E-state index is 0.0954. The zero-order valence-corrected chi connectivity index (χ0v) is 16.5. The molecule has 1 amide bonds. The van der Waals surface area contributed by atoms with Crippen LogP contribution in [0.1, 0.15) is 17.3 Å². The highest BCUT2D eigenvalue weighted by atomic mass is 35.5. The van der Waals surface area contributed by atoms with Gasteiger partial charge in [0.1, 0.15) is 6.04 Å². The minimum Gasteiger partial charge on any atom is -0.462 e. The average molecular weight is 427 g/mol. The van der Waals surface area contributed by atoms with E-state index in [1.54, 1.807) is 6.92 Å². The number of rotatable bonds is 8. The lowest BCUT2D eigenvalue weighted by Crippen LogP contribution is -2.46. The first kappa shape index (κ1) is 21.8. The molecule has 3 N–H and O–H groups in total. The third kappa shape index (κ3) is 5.77. The van der Waals surface area contributed by atoms with Crippen LogP contribution in [0.2, 0.25) is 5.02 Å². The van der Waals surface area contributed by atoms with Crippen LogP contribution in [0.3, 0.4) is 0 Å². The van der Waals surface area contributed by atoms with Crippen LogP contribution >= 0.6 is 11.6 Å². The first-order valence-electron chi connectivity index (χ1n) is 8.23. The Bertz CT molecular complexity index is 930. The Morgan fingerprint density at radius 2 is 1.71 bits per heavy atom. The summed E-state index contributed by atoms with van der Waals surface area (Å²) < 4.78 is 31.7. The molecule has 0 saturated carbocycles. The average Bonchev–Trinajstić information content (AvgIpc) is 2.67. The van der Waals surface area contributed by atoms with Gasteiger partial charge in [-0.05, 0) is 55.5 Å². The molecule has 0 fully saturated rings. The van der Waals surface area contributed by atoms with Crippen LogP contribution in [0.25, 0.3) is 0 Å². The van der Waals surface area contributed by atoms with Gasteiger partial charge in [-0.15, -0.1) is 0 Å². The molecule has 0 aliphatic heterocycles. The van der Waals surface area contributed by atoms with Gasteiger partial charge in [0.25, 0.3) is 0 Å². The van der Waals surface area contributed by atoms with Gasteiger partial charge in [-0.25, -0.2) is 13.2 Å². The number of benzene rings is 2. The normalized spacial score (nSPS) is 12.2. The summed E-state index contributed by atoms with van der Waals surface area (Å²) >= 11 is 5.74. The van der Waals surface area contributed by atoms with Gasteiger partial charge in [-0.1, -0.05) is 11.6 Å². The number of nitrogens with one attached hydrogen (secondary N) is 2. The number of carbonyl (C=O) groups is 2. The molecule has 0 saturated heterocycles. The Morgan fingerprint density at radius 3 is 2.25 bits per heavy atom. The number of esters is 1. The van der Waals surface area contributed by atoms with Crippen molar-refractivity contribution in [3.05, 3.63) is 59.1 Å². The van der Waals surface area contributed by atoms with E-state index >= 15 is 0 Å². The molecule has 8 nitrogen and oxygen atoms in total. The van der Waals surface area contributed by atoms with Crippen LogP contribution in [-0.4, -0.2) is 44.7 Å². The quantitative estimate of drug-likeness (QED) is 0.553. The molecule has 2 rings (SSSR count). The van der Waals surface area contributed by atoms with Crippen molar-refractivity contribution >= 4 is 39.2 Å². The number of carbonyl (C=O) groups excluding carboxylic acids is 2. The fraction of sp³-hybridized carbons (Fsp3) is 0.222. The maximum absolute atomic E-state index is 12.4. The van der Waals surface area contributed by atoms with Gasteiger partial charge in [0.2, 0.25) is 15.9 Å². The molecule has 0 aliphatic carbocycles. The number of anilines is 1. The second kappa shape index (κ2) is 9.65. The number of sulfonamides is 1. The largest absolute Gasteiger partial charge is 0.462 e. The van der Waals surface area contributed by atoms with Crippen molar-refractivity contribution in [3.63, 3.8) is 0 Å². The molecule has 0 bridgehead atoms. The summed E-state index contributed by atoms with van der Waals surface area (Å²) in [5.41, 5.74) is 0.629. The molecule has 1 unspecified atom stereocenters. The fourth-order valence-corrected chi connectivity index (χ4v) is 3.49. The SMILES string of the molecule is CCOC(=O)c1ccc(NC(=O)C(CO)NS(=O)(=O)c2ccc(Cl)cc2)cc1. The molecular formula is C18H19ClN2O6S. The number of aliphatic hydroxyl groups is 1. The van der Waals surface area contributed by atoms with E-state index in [1.807, 2.05) is 0 Å². The molecule has 0 aliphatic rings. The highest BCUT2D eigenvalue weighted by Gasteiger charge is 2.25. The van der Waals surface area contributed by atoms with E-state index in [-0.39, 0.29) is 11.5 Å². The van der Waals surface area contributed by atoms with Crippen LogP contribution in [0.15, 0.2) is 53.4 Å². The molecular weight excluding hydrogens is 408 g/mol. The Hall–Kier alpha value is -2.46. The summed E-state index contributed by atoms with van der Waals surface area (Å²) in [6.07, 6.45) is 0. The van der Waals surface area contributed by atoms with Gasteiger partial charge in [0, 0.05) is 10.7 Å². The summed E-state index contributed by atoms with van der Waals surface area (Å²) in [4.78, 5) is 23.8. The van der Waals surface area contributed by atoms with E-state index in [4.69, 9.17) is 16.3 Å². The van der Waals surface area contributed by atoms with Crippen molar-refractivity contribution in [2.24, 2.45) is 0 Å². The first-order valence-corrected chi connectivity index (χ1v) is 10.1. The van der Waals surface area contributed by atoms with Crippen LogP contribution in [0.5, 0.6) is 0 Å². The van der Waals surface area contributed by atoms with Crippen molar-refractivity contribution in [2.45, 2.75) is 17.9 Å². The van der Waals surface area contributed by atoms with E-state index in [2.05, 4.69) is 10.0 Å². The number of hydrogen-bond acceptors (Lipinski definition) is 6. The molecule has 0 aromatic heterocycles. The maximum Gasteiger partial charge on any atom is 0.338 e. The van der Waals surface area contributed by atoms with E-state index < -0.39 is 34.5 Å². The standard InChI is InChI=1S/C18H19ClN2O6S/c1-2-27-18(24)12-3-7-14(8-4-12)20-17(23)16(11-22)21-28(25,26)15-9-5-13(19)6-10-15/h3-10,16,21-22H,2,11H2,1H3,(H,20,23). The lowest BCUT2D eigenvalue weighted by Gasteiger charge is -2.16. The van der Waals surface area contributed by atoms with Crippen LogP contribution < -0.4 is 10.0 Å². The van der Waals surface area contributed by atoms with E-state index in [9.17, 15) is 23.1 Å². The minimum atomic E-state index is -4.04. The smallest absolute Gasteiger partial charge is 0.338 e. The van der Waals surface area contributed by atoms with Gasteiger partial charge in [0.05, 0.1) is 23.7 Å². The van der Waals surface area contributed by atoms with Gasteiger partial charge < -0.3 is 15.2 Å². The molecule has 0 radical (unpaired) electrons. The monoisotopic (exact) mass is 426 g/mol. The molecule has 0 spiro atoms. The van der Waals surface area contributed by atoms with Crippen LogP contribution in [0.4, 0.5) is 5.69 Å². The van der Waals surface area contributed by atoms with E-state index in [0.717, 1.165) is 0 Å². The van der Waals surface area contributed by atoms with Crippen LogP contribution in [-0.2, 0) is 19.6 Å². The summed E-state index contributed by atoms with van der Waals surface area (Å²) in [7, 11) is -4.04. The number of aliphatic hydroxyl groups excluding tert-OH is 1. The van der Waals surface area contributed by atoms with Gasteiger partial charge in [0.15, 0.2) is 0 Å². The topological polar surface area (TPSA) is 122 Å². The van der Waals surface area contributed by atoms with E-state index in [1.165, 1.54) is 48.5 Å². The highest BCUT2D eigenvalue weighted by molar-refractivity contribution is 7.89. The Morgan fingerprint density at radius 1 is 1.11 bits per heavy atom. The van der Waals surface area contributed by atoms with E-state index in [0.29, 0.717) is 16.3 Å². The third-order valence-electron chi connectivity index (χ3n) is 3.58. The predicted molar refractivity (Wildman–Crippen MR) is 104 cm³/mol. The van der Waals surface area contributed by atoms with Gasteiger partial charge in [-0.3, -0.25) is 4.79 Å². The lowest BCUT2D eigenvalue weighted by molar-refractivity contribution is -0.118.